The summed E-state index contributed by atoms with van der Waals surface area (Å²) in [6.45, 7) is 7.68. The zero-order valence-corrected chi connectivity index (χ0v) is 21.0. The summed E-state index contributed by atoms with van der Waals surface area (Å²) in [6.07, 6.45) is 3.10. The Balaban J connectivity index is 1.36. The number of fused-ring (bicyclic) bond motifs is 1. The van der Waals surface area contributed by atoms with Gasteiger partial charge in [-0.3, -0.25) is 4.79 Å². The van der Waals surface area contributed by atoms with Crippen LogP contribution in [0.3, 0.4) is 0 Å². The average molecular weight is 470 g/mol. The van der Waals surface area contributed by atoms with Gasteiger partial charge in [-0.25, -0.2) is 4.98 Å². The molecule has 0 aliphatic carbocycles. The molecule has 1 unspecified atom stereocenters. The van der Waals surface area contributed by atoms with Gasteiger partial charge in [0, 0.05) is 13.0 Å². The van der Waals surface area contributed by atoms with Crippen molar-refractivity contribution < 1.29 is 9.53 Å². The molecule has 35 heavy (non-hydrogen) atoms. The number of para-hydroxylation sites is 2. The lowest BCUT2D eigenvalue weighted by Crippen LogP contribution is -2.29. The summed E-state index contributed by atoms with van der Waals surface area (Å²) in [5.74, 6) is 1.90. The van der Waals surface area contributed by atoms with Crippen LogP contribution in [0.4, 0.5) is 0 Å². The van der Waals surface area contributed by atoms with Crippen LogP contribution in [0.1, 0.15) is 54.7 Å². The fourth-order valence-corrected chi connectivity index (χ4v) is 4.36. The SMILES string of the molecule is Cc1ccc(C)c(OCCCCn2c(C(C)NC(=O)CCc3ccccc3)nc3ccccc32)c1. The Bertz CT molecular complexity index is 1260. The highest BCUT2D eigenvalue weighted by molar-refractivity contribution is 5.78. The number of benzene rings is 3. The van der Waals surface area contributed by atoms with Crippen LogP contribution in [0, 0.1) is 13.8 Å². The van der Waals surface area contributed by atoms with E-state index in [9.17, 15) is 4.79 Å². The minimum Gasteiger partial charge on any atom is -0.493 e. The van der Waals surface area contributed by atoms with E-state index in [1.807, 2.05) is 43.3 Å². The van der Waals surface area contributed by atoms with Crippen LogP contribution >= 0.6 is 0 Å². The molecule has 5 nitrogen and oxygen atoms in total. The summed E-state index contributed by atoms with van der Waals surface area (Å²) in [4.78, 5) is 17.5. The van der Waals surface area contributed by atoms with Crippen LogP contribution in [-0.2, 0) is 17.8 Å². The summed E-state index contributed by atoms with van der Waals surface area (Å²) in [7, 11) is 0. The average Bonchev–Trinajstić information content (AvgIpc) is 3.24. The molecule has 1 N–H and O–H groups in total. The van der Waals surface area contributed by atoms with E-state index in [1.54, 1.807) is 0 Å². The molecule has 4 aromatic rings. The fourth-order valence-electron chi connectivity index (χ4n) is 4.36. The molecule has 1 atom stereocenters. The summed E-state index contributed by atoms with van der Waals surface area (Å²) in [5.41, 5.74) is 5.60. The lowest BCUT2D eigenvalue weighted by atomic mass is 10.1. The maximum absolute atomic E-state index is 12.6. The van der Waals surface area contributed by atoms with Gasteiger partial charge in [-0.2, -0.15) is 0 Å². The van der Waals surface area contributed by atoms with Crippen molar-refractivity contribution in [3.05, 3.63) is 95.3 Å². The number of hydrogen-bond acceptors (Lipinski definition) is 3. The number of rotatable bonds is 11. The minimum absolute atomic E-state index is 0.0434. The first-order chi connectivity index (χ1) is 17.0. The molecule has 0 saturated heterocycles. The lowest BCUT2D eigenvalue weighted by molar-refractivity contribution is -0.121. The molecule has 1 heterocycles. The number of carbonyl (C=O) groups excluding carboxylic acids is 1. The number of ether oxygens (including phenoxy) is 1. The molecule has 0 bridgehead atoms. The first-order valence-electron chi connectivity index (χ1n) is 12.5. The normalized spacial score (nSPS) is 12.0. The Morgan fingerprint density at radius 2 is 1.77 bits per heavy atom. The van der Waals surface area contributed by atoms with Gasteiger partial charge in [0.1, 0.15) is 11.6 Å². The van der Waals surface area contributed by atoms with Crippen LogP contribution in [0.25, 0.3) is 11.0 Å². The Labute approximate surface area is 208 Å². The van der Waals surface area contributed by atoms with Crippen molar-refractivity contribution >= 4 is 16.9 Å². The molecule has 0 radical (unpaired) electrons. The molecule has 3 aromatic carbocycles. The third-order valence-corrected chi connectivity index (χ3v) is 6.31. The van der Waals surface area contributed by atoms with Gasteiger partial charge < -0.3 is 14.6 Å². The minimum atomic E-state index is -0.170. The number of nitrogens with zero attached hydrogens (tertiary/aromatic N) is 2. The van der Waals surface area contributed by atoms with Crippen molar-refractivity contribution in [3.8, 4) is 5.75 Å². The van der Waals surface area contributed by atoms with E-state index < -0.39 is 0 Å². The Morgan fingerprint density at radius 3 is 2.60 bits per heavy atom. The molecule has 0 saturated carbocycles. The van der Waals surface area contributed by atoms with E-state index in [-0.39, 0.29) is 11.9 Å². The molecule has 1 aromatic heterocycles. The van der Waals surface area contributed by atoms with E-state index in [2.05, 4.69) is 60.1 Å². The van der Waals surface area contributed by atoms with Crippen molar-refractivity contribution in [1.29, 1.82) is 0 Å². The molecule has 1 amide bonds. The second-order valence-corrected chi connectivity index (χ2v) is 9.21. The summed E-state index contributed by atoms with van der Waals surface area (Å²) < 4.78 is 8.28. The quantitative estimate of drug-likeness (QED) is 0.261. The number of aryl methyl sites for hydroxylation is 4. The van der Waals surface area contributed by atoms with E-state index in [1.165, 1.54) is 11.1 Å². The molecule has 0 fully saturated rings. The molecule has 0 spiro atoms. The van der Waals surface area contributed by atoms with Gasteiger partial charge in [-0.05, 0) is 74.9 Å². The number of carbonyl (C=O) groups is 1. The fraction of sp³-hybridized carbons (Fsp3) is 0.333. The zero-order chi connectivity index (χ0) is 24.6. The summed E-state index contributed by atoms with van der Waals surface area (Å²) in [6, 6.07) is 24.4. The molecule has 4 rings (SSSR count). The van der Waals surface area contributed by atoms with Gasteiger partial charge in [0.05, 0.1) is 23.7 Å². The summed E-state index contributed by atoms with van der Waals surface area (Å²) >= 11 is 0. The van der Waals surface area contributed by atoms with Gasteiger partial charge in [-0.15, -0.1) is 0 Å². The van der Waals surface area contributed by atoms with Crippen LogP contribution in [-0.4, -0.2) is 22.1 Å². The number of nitrogens with one attached hydrogen (secondary N) is 1. The third-order valence-electron chi connectivity index (χ3n) is 6.31. The van der Waals surface area contributed by atoms with Gasteiger partial charge in [-0.1, -0.05) is 54.6 Å². The monoisotopic (exact) mass is 469 g/mol. The maximum atomic E-state index is 12.6. The number of amides is 1. The van der Waals surface area contributed by atoms with Gasteiger partial charge in [0.25, 0.3) is 0 Å². The van der Waals surface area contributed by atoms with E-state index in [0.29, 0.717) is 13.0 Å². The molecule has 182 valence electrons. The van der Waals surface area contributed by atoms with Crippen LogP contribution < -0.4 is 10.1 Å². The number of unbranched alkanes of at least 4 members (excludes halogenated alkanes) is 1. The van der Waals surface area contributed by atoms with Gasteiger partial charge in [0.2, 0.25) is 5.91 Å². The topological polar surface area (TPSA) is 56.1 Å². The lowest BCUT2D eigenvalue weighted by Gasteiger charge is -2.17. The molecular formula is C30H35N3O2. The summed E-state index contributed by atoms with van der Waals surface area (Å²) in [5, 5.41) is 3.16. The van der Waals surface area contributed by atoms with Crippen molar-refractivity contribution in [2.75, 3.05) is 6.61 Å². The second-order valence-electron chi connectivity index (χ2n) is 9.21. The standard InChI is InChI=1S/C30H35N3O2/c1-22-15-16-23(2)28(21-22)35-20-10-9-19-33-27-14-8-7-13-26(27)32-30(33)24(3)31-29(34)18-17-25-11-5-4-6-12-25/h4-8,11-16,21,24H,9-10,17-20H2,1-3H3,(H,31,34). The van der Waals surface area contributed by atoms with Crippen molar-refractivity contribution in [1.82, 2.24) is 14.9 Å². The third kappa shape index (κ3) is 6.50. The highest BCUT2D eigenvalue weighted by Crippen LogP contribution is 2.23. The second kappa shape index (κ2) is 11.7. The molecular weight excluding hydrogens is 434 g/mol. The van der Waals surface area contributed by atoms with Crippen LogP contribution in [0.5, 0.6) is 5.75 Å². The predicted molar refractivity (Wildman–Crippen MR) is 142 cm³/mol. The zero-order valence-electron chi connectivity index (χ0n) is 21.0. The number of imidazole rings is 1. The van der Waals surface area contributed by atoms with Crippen LogP contribution in [0.2, 0.25) is 0 Å². The largest absolute Gasteiger partial charge is 0.493 e. The van der Waals surface area contributed by atoms with Crippen molar-refractivity contribution in [2.24, 2.45) is 0 Å². The maximum Gasteiger partial charge on any atom is 0.220 e. The van der Waals surface area contributed by atoms with Gasteiger partial charge in [0.15, 0.2) is 0 Å². The highest BCUT2D eigenvalue weighted by atomic mass is 16.5. The Kier molecular flexibility index (Phi) is 8.19. The highest BCUT2D eigenvalue weighted by Gasteiger charge is 2.18. The van der Waals surface area contributed by atoms with E-state index in [4.69, 9.17) is 9.72 Å². The molecule has 0 aliphatic heterocycles. The van der Waals surface area contributed by atoms with E-state index in [0.717, 1.165) is 54.0 Å². The first-order valence-corrected chi connectivity index (χ1v) is 12.5. The number of aromatic nitrogens is 2. The Morgan fingerprint density at radius 1 is 1.00 bits per heavy atom. The number of hydrogen-bond donors (Lipinski definition) is 1. The van der Waals surface area contributed by atoms with E-state index >= 15 is 0 Å². The predicted octanol–water partition coefficient (Wildman–Crippen LogP) is 6.32. The van der Waals surface area contributed by atoms with Crippen molar-refractivity contribution in [3.63, 3.8) is 0 Å². The molecule has 0 aliphatic rings. The van der Waals surface area contributed by atoms with Crippen LogP contribution in [0.15, 0.2) is 72.8 Å². The first kappa shape index (κ1) is 24.5. The smallest absolute Gasteiger partial charge is 0.220 e. The Hall–Kier alpha value is -3.60. The van der Waals surface area contributed by atoms with Crippen molar-refractivity contribution in [2.45, 2.75) is 59.0 Å². The molecule has 5 heteroatoms. The van der Waals surface area contributed by atoms with Gasteiger partial charge >= 0.3 is 0 Å².